The third-order valence-corrected chi connectivity index (χ3v) is 12.7. The minimum absolute atomic E-state index is 0.0492. The summed E-state index contributed by atoms with van der Waals surface area (Å²) in [6, 6.07) is 14.0. The van der Waals surface area contributed by atoms with Crippen molar-refractivity contribution in [1.29, 1.82) is 0 Å². The minimum atomic E-state index is -2.78. The molecule has 0 aromatic heterocycles. The van der Waals surface area contributed by atoms with Gasteiger partial charge in [0.15, 0.2) is 33.0 Å². The summed E-state index contributed by atoms with van der Waals surface area (Å²) >= 11 is 20.8. The number of hydrogen-bond acceptors (Lipinski definition) is 5. The number of allylic oxidation sites excluding steroid dienone is 2. The summed E-state index contributed by atoms with van der Waals surface area (Å²) in [5.74, 6) is -22.3. The van der Waals surface area contributed by atoms with Gasteiger partial charge in [-0.25, -0.2) is 31.8 Å². The summed E-state index contributed by atoms with van der Waals surface area (Å²) in [5, 5.41) is 12.6. The first-order chi connectivity index (χ1) is 24.6. The largest absolute Gasteiger partial charge is 0.508 e. The van der Waals surface area contributed by atoms with E-state index in [-0.39, 0.29) is 33.2 Å². The predicted molar refractivity (Wildman–Crippen MR) is 181 cm³/mol. The fourth-order valence-electron chi connectivity index (χ4n) is 8.45. The van der Waals surface area contributed by atoms with Crippen LogP contribution in [0.2, 0.25) is 5.02 Å². The number of imide groups is 2. The molecule has 8 rings (SSSR count). The van der Waals surface area contributed by atoms with Crippen LogP contribution >= 0.6 is 34.8 Å². The van der Waals surface area contributed by atoms with Gasteiger partial charge < -0.3 is 5.11 Å². The zero-order chi connectivity index (χ0) is 37.3. The molecule has 7 nitrogen and oxygen atoms in total. The van der Waals surface area contributed by atoms with Crippen LogP contribution in [0, 0.1) is 53.8 Å². The third kappa shape index (κ3) is 4.25. The summed E-state index contributed by atoms with van der Waals surface area (Å²) < 4.78 is 73.9. The van der Waals surface area contributed by atoms with Gasteiger partial charge in [0.05, 0.1) is 17.5 Å². The Morgan fingerprint density at radius 1 is 0.788 bits per heavy atom. The minimum Gasteiger partial charge on any atom is -0.508 e. The molecule has 4 aromatic rings. The van der Waals surface area contributed by atoms with Crippen molar-refractivity contribution < 1.29 is 46.2 Å². The second kappa shape index (κ2) is 11.5. The SMILES string of the molecule is Cc1ccc(N2C(=O)[C@H]3[C@H](CC=C4[C@H]3C[C@@]3(Cl)C(=O)N(c5c(F)c(F)c(F)c(F)c5F)C(=O)[C@@]3(Cl)[C@H]4c3c(O)ccc4ccccc34)C2=O)cc1Cl. The molecule has 2 aliphatic carbocycles. The van der Waals surface area contributed by atoms with Gasteiger partial charge in [-0.15, -0.1) is 23.2 Å². The number of phenols is 1. The number of amides is 4. The lowest BCUT2D eigenvalue weighted by Crippen LogP contribution is -2.60. The van der Waals surface area contributed by atoms with Crippen LogP contribution in [-0.2, 0) is 19.2 Å². The Balaban J connectivity index is 1.37. The highest BCUT2D eigenvalue weighted by Crippen LogP contribution is 2.67. The van der Waals surface area contributed by atoms with E-state index in [2.05, 4.69) is 0 Å². The lowest BCUT2D eigenvalue weighted by atomic mass is 9.56. The highest BCUT2D eigenvalue weighted by atomic mass is 35.5. The molecule has 4 aromatic carbocycles. The molecule has 2 saturated heterocycles. The predicted octanol–water partition coefficient (Wildman–Crippen LogP) is 7.97. The Morgan fingerprint density at radius 2 is 1.44 bits per heavy atom. The number of benzene rings is 4. The molecule has 52 heavy (non-hydrogen) atoms. The Kier molecular flexibility index (Phi) is 7.64. The van der Waals surface area contributed by atoms with Crippen LogP contribution in [-0.4, -0.2) is 38.5 Å². The van der Waals surface area contributed by atoms with E-state index < -0.39 is 104 Å². The molecule has 6 atom stereocenters. The van der Waals surface area contributed by atoms with E-state index in [4.69, 9.17) is 34.8 Å². The van der Waals surface area contributed by atoms with Crippen LogP contribution in [0.1, 0.15) is 29.9 Å². The van der Waals surface area contributed by atoms with E-state index in [9.17, 15) is 37.5 Å². The number of carbonyl (C=O) groups is 4. The third-order valence-electron chi connectivity index (χ3n) is 10.9. The Bertz CT molecular complexity index is 2360. The van der Waals surface area contributed by atoms with Gasteiger partial charge in [-0.3, -0.25) is 19.2 Å². The number of aryl methyl sites for hydroxylation is 1. The maximum Gasteiger partial charge on any atom is 0.258 e. The first-order valence-corrected chi connectivity index (χ1v) is 17.0. The van der Waals surface area contributed by atoms with Crippen LogP contribution in [0.25, 0.3) is 10.8 Å². The first kappa shape index (κ1) is 34.6. The van der Waals surface area contributed by atoms with E-state index >= 15 is 8.78 Å². The topological polar surface area (TPSA) is 95.0 Å². The number of anilines is 2. The zero-order valence-corrected chi connectivity index (χ0v) is 28.8. The lowest BCUT2D eigenvalue weighted by Gasteiger charge is -2.51. The lowest BCUT2D eigenvalue weighted by molar-refractivity contribution is -0.125. The second-order valence-electron chi connectivity index (χ2n) is 13.4. The van der Waals surface area contributed by atoms with Crippen LogP contribution in [0.15, 0.2) is 66.2 Å². The fraction of sp³-hybridized carbons (Fsp3) is 0.243. The van der Waals surface area contributed by atoms with E-state index in [1.807, 2.05) is 0 Å². The van der Waals surface area contributed by atoms with Crippen molar-refractivity contribution in [1.82, 2.24) is 0 Å². The molecule has 2 heterocycles. The van der Waals surface area contributed by atoms with Gasteiger partial charge >= 0.3 is 0 Å². The van der Waals surface area contributed by atoms with E-state index in [1.165, 1.54) is 18.2 Å². The van der Waals surface area contributed by atoms with Crippen LogP contribution in [0.4, 0.5) is 33.3 Å². The molecule has 0 spiro atoms. The Labute approximate surface area is 306 Å². The second-order valence-corrected chi connectivity index (χ2v) is 15.0. The smallest absolute Gasteiger partial charge is 0.258 e. The van der Waals surface area contributed by atoms with E-state index in [0.717, 1.165) is 4.90 Å². The Morgan fingerprint density at radius 3 is 2.12 bits per heavy atom. The van der Waals surface area contributed by atoms with Gasteiger partial charge in [0.25, 0.3) is 11.8 Å². The molecule has 2 aliphatic heterocycles. The number of fused-ring (bicyclic) bond motifs is 5. The summed E-state index contributed by atoms with van der Waals surface area (Å²) in [5.41, 5.74) is -0.860. The van der Waals surface area contributed by atoms with E-state index in [0.29, 0.717) is 16.3 Å². The number of aromatic hydroxyl groups is 1. The highest BCUT2D eigenvalue weighted by molar-refractivity contribution is 6.58. The normalized spacial score (nSPS) is 28.4. The van der Waals surface area contributed by atoms with Crippen molar-refractivity contribution in [2.45, 2.75) is 35.4 Å². The fourth-order valence-corrected chi connectivity index (χ4v) is 9.54. The van der Waals surface area contributed by atoms with Crippen LogP contribution in [0.5, 0.6) is 5.75 Å². The van der Waals surface area contributed by atoms with Crippen molar-refractivity contribution in [2.75, 3.05) is 9.80 Å². The molecule has 266 valence electrons. The molecular formula is C37H22Cl3F5N2O5. The number of rotatable bonds is 3. The van der Waals surface area contributed by atoms with Crippen LogP contribution in [0.3, 0.4) is 0 Å². The van der Waals surface area contributed by atoms with Crippen molar-refractivity contribution in [3.63, 3.8) is 0 Å². The average molecular weight is 776 g/mol. The average Bonchev–Trinajstić information content (AvgIpc) is 3.46. The molecule has 1 saturated carbocycles. The van der Waals surface area contributed by atoms with Gasteiger partial charge in [-0.2, -0.15) is 0 Å². The van der Waals surface area contributed by atoms with Gasteiger partial charge in [-0.05, 0) is 60.2 Å². The summed E-state index contributed by atoms with van der Waals surface area (Å²) in [4.78, 5) is 52.5. The molecule has 1 N–H and O–H groups in total. The van der Waals surface area contributed by atoms with E-state index in [1.54, 1.807) is 49.4 Å². The highest BCUT2D eigenvalue weighted by Gasteiger charge is 2.77. The number of nitrogens with zero attached hydrogens (tertiary/aromatic N) is 2. The molecule has 4 amide bonds. The summed E-state index contributed by atoms with van der Waals surface area (Å²) in [7, 11) is 0. The number of halogens is 8. The molecule has 0 unspecified atom stereocenters. The Hall–Kier alpha value is -4.52. The first-order valence-electron chi connectivity index (χ1n) is 15.9. The standard InChI is InChI=1S/C37H22Cl3F5N2O5/c1-14-6-8-16(12-21(14)38)46-32(49)19-10-9-18-20(23(19)33(46)50)13-36(39)34(51)47(31-29(44)27(42)26(41)28(43)30(31)45)35(52)37(36,40)25(18)24-17-5-3-2-4-15(17)7-11-22(24)48/h2-9,11-12,19-20,23,25,48H,10,13H2,1H3/t19-,20+,23-,25+,36+,37-/m0/s1. The van der Waals surface area contributed by atoms with Crippen molar-refractivity contribution in [3.8, 4) is 5.75 Å². The van der Waals surface area contributed by atoms with Crippen molar-refractivity contribution in [3.05, 3.63) is 111 Å². The monoisotopic (exact) mass is 774 g/mol. The molecule has 0 bridgehead atoms. The van der Waals surface area contributed by atoms with Gasteiger partial charge in [0.1, 0.15) is 11.4 Å². The molecule has 3 fully saturated rings. The maximum absolute atomic E-state index is 15.3. The molecular weight excluding hydrogens is 754 g/mol. The molecule has 15 heteroatoms. The van der Waals surface area contributed by atoms with Gasteiger partial charge in [-0.1, -0.05) is 59.6 Å². The zero-order valence-electron chi connectivity index (χ0n) is 26.5. The number of hydrogen-bond donors (Lipinski definition) is 1. The summed E-state index contributed by atoms with van der Waals surface area (Å²) in [6.07, 6.45) is 0.823. The van der Waals surface area contributed by atoms with Crippen molar-refractivity contribution >= 4 is 80.6 Å². The van der Waals surface area contributed by atoms with Gasteiger partial charge in [0.2, 0.25) is 17.6 Å². The van der Waals surface area contributed by atoms with Gasteiger partial charge in [0, 0.05) is 16.5 Å². The quantitative estimate of drug-likeness (QED) is 0.0569. The summed E-state index contributed by atoms with van der Waals surface area (Å²) in [6.45, 7) is 1.73. The number of alkyl halides is 2. The van der Waals surface area contributed by atoms with Crippen molar-refractivity contribution in [2.24, 2.45) is 17.8 Å². The molecule has 4 aliphatic rings. The van der Waals surface area contributed by atoms with Crippen LogP contribution < -0.4 is 9.80 Å². The number of carbonyl (C=O) groups excluding carboxylic acids is 4. The number of phenolic OH excluding ortho intramolecular Hbond substituents is 1. The maximum atomic E-state index is 15.3. The molecule has 0 radical (unpaired) electrons.